The summed E-state index contributed by atoms with van der Waals surface area (Å²) in [4.78, 5) is 23.7. The van der Waals surface area contributed by atoms with Crippen molar-refractivity contribution in [3.63, 3.8) is 0 Å². The molecule has 138 valence electrons. The first-order valence-corrected chi connectivity index (χ1v) is 7.94. The van der Waals surface area contributed by atoms with E-state index in [0.717, 1.165) is 6.07 Å². The number of anilines is 1. The number of carboxylic acid groups (broad SMARTS) is 1. The number of benzene rings is 1. The van der Waals surface area contributed by atoms with Gasteiger partial charge in [0.25, 0.3) is 0 Å². The molecule has 0 aliphatic carbocycles. The molecule has 25 heavy (non-hydrogen) atoms. The van der Waals surface area contributed by atoms with Crippen LogP contribution in [0.2, 0.25) is 0 Å². The summed E-state index contributed by atoms with van der Waals surface area (Å²) < 4.78 is 39.3. The van der Waals surface area contributed by atoms with Gasteiger partial charge in [0, 0.05) is 37.8 Å². The number of carbonyl (C=O) groups excluding carboxylic acids is 1. The second-order valence-electron chi connectivity index (χ2n) is 5.84. The Morgan fingerprint density at radius 3 is 2.68 bits per heavy atom. The van der Waals surface area contributed by atoms with E-state index in [9.17, 15) is 22.8 Å². The second-order valence-corrected chi connectivity index (χ2v) is 5.84. The summed E-state index contributed by atoms with van der Waals surface area (Å²) in [5, 5.41) is 13.8. The van der Waals surface area contributed by atoms with Gasteiger partial charge in [0.15, 0.2) is 0 Å². The number of amides is 2. The van der Waals surface area contributed by atoms with Gasteiger partial charge in [-0.25, -0.2) is 4.79 Å². The van der Waals surface area contributed by atoms with Gasteiger partial charge in [0.05, 0.1) is 5.56 Å². The number of nitrogens with one attached hydrogen (secondary N) is 2. The Kier molecular flexibility index (Phi) is 6.11. The van der Waals surface area contributed by atoms with Crippen molar-refractivity contribution in [2.24, 2.45) is 0 Å². The largest absolute Gasteiger partial charge is 0.481 e. The van der Waals surface area contributed by atoms with Crippen LogP contribution in [-0.2, 0) is 11.0 Å². The Bertz CT molecular complexity index is 622. The first-order valence-electron chi connectivity index (χ1n) is 7.94. The molecule has 9 heteroatoms. The number of carbonyl (C=O) groups is 2. The highest BCUT2D eigenvalue weighted by atomic mass is 19.4. The number of carboxylic acids is 1. The minimum atomic E-state index is -4.43. The number of alkyl halides is 3. The first-order chi connectivity index (χ1) is 11.8. The lowest BCUT2D eigenvalue weighted by Gasteiger charge is -2.23. The standard InChI is InChI=1S/C16H20F3N3O3/c17-16(18,19)12-4-1-2-5-13(12)22-9-7-11(10-22)21-15(25)20-8-3-6-14(23)24/h1-2,4-5,11H,3,6-10H2,(H,23,24)(H2,20,21,25). The van der Waals surface area contributed by atoms with Crippen molar-refractivity contribution >= 4 is 17.7 Å². The third-order valence-corrected chi connectivity index (χ3v) is 3.93. The normalized spacial score (nSPS) is 17.4. The maximum absolute atomic E-state index is 13.1. The molecule has 1 saturated heterocycles. The van der Waals surface area contributed by atoms with Crippen molar-refractivity contribution in [3.05, 3.63) is 29.8 Å². The number of hydrogen-bond acceptors (Lipinski definition) is 3. The van der Waals surface area contributed by atoms with Crippen molar-refractivity contribution < 1.29 is 27.9 Å². The lowest BCUT2D eigenvalue weighted by molar-refractivity contribution is -0.138. The Morgan fingerprint density at radius 2 is 2.00 bits per heavy atom. The van der Waals surface area contributed by atoms with E-state index in [0.29, 0.717) is 19.4 Å². The fourth-order valence-electron chi connectivity index (χ4n) is 2.76. The number of hydrogen-bond donors (Lipinski definition) is 3. The van der Waals surface area contributed by atoms with Gasteiger partial charge in [-0.05, 0) is 25.0 Å². The van der Waals surface area contributed by atoms with Crippen LogP contribution in [0.15, 0.2) is 24.3 Å². The molecule has 1 aliphatic rings. The molecule has 1 aromatic carbocycles. The molecule has 0 saturated carbocycles. The zero-order valence-corrected chi connectivity index (χ0v) is 13.5. The smallest absolute Gasteiger partial charge is 0.418 e. The highest BCUT2D eigenvalue weighted by Crippen LogP contribution is 2.37. The van der Waals surface area contributed by atoms with E-state index in [2.05, 4.69) is 10.6 Å². The highest BCUT2D eigenvalue weighted by molar-refractivity contribution is 5.74. The summed E-state index contributed by atoms with van der Waals surface area (Å²) >= 11 is 0. The zero-order chi connectivity index (χ0) is 18.4. The van der Waals surface area contributed by atoms with Gasteiger partial charge >= 0.3 is 18.2 Å². The van der Waals surface area contributed by atoms with Crippen LogP contribution in [-0.4, -0.2) is 42.8 Å². The number of halogens is 3. The molecular formula is C16H20F3N3O3. The van der Waals surface area contributed by atoms with E-state index in [4.69, 9.17) is 5.11 Å². The van der Waals surface area contributed by atoms with E-state index < -0.39 is 23.7 Å². The van der Waals surface area contributed by atoms with Crippen LogP contribution in [0, 0.1) is 0 Å². The van der Waals surface area contributed by atoms with E-state index in [1.807, 2.05) is 0 Å². The maximum Gasteiger partial charge on any atom is 0.418 e. The monoisotopic (exact) mass is 359 g/mol. The van der Waals surface area contributed by atoms with E-state index in [1.165, 1.54) is 12.1 Å². The Hall–Kier alpha value is -2.45. The minimum Gasteiger partial charge on any atom is -0.481 e. The van der Waals surface area contributed by atoms with Crippen LogP contribution < -0.4 is 15.5 Å². The Morgan fingerprint density at radius 1 is 1.28 bits per heavy atom. The van der Waals surface area contributed by atoms with Gasteiger partial charge in [-0.15, -0.1) is 0 Å². The predicted octanol–water partition coefficient (Wildman–Crippen LogP) is 2.45. The topological polar surface area (TPSA) is 81.7 Å². The maximum atomic E-state index is 13.1. The second kappa shape index (κ2) is 8.09. The molecule has 1 aromatic rings. The third kappa shape index (κ3) is 5.54. The van der Waals surface area contributed by atoms with E-state index in [1.54, 1.807) is 11.0 Å². The Balaban J connectivity index is 1.86. The SMILES string of the molecule is O=C(O)CCCNC(=O)NC1CCN(c2ccccc2C(F)(F)F)C1. The number of nitrogens with zero attached hydrogens (tertiary/aromatic N) is 1. The Labute approximate surface area is 143 Å². The lowest BCUT2D eigenvalue weighted by atomic mass is 10.1. The summed E-state index contributed by atoms with van der Waals surface area (Å²) in [6.07, 6.45) is -3.61. The van der Waals surface area contributed by atoms with Crippen molar-refractivity contribution in [2.45, 2.75) is 31.5 Å². The summed E-state index contributed by atoms with van der Waals surface area (Å²) in [6, 6.07) is 4.67. The molecule has 6 nitrogen and oxygen atoms in total. The summed E-state index contributed by atoms with van der Waals surface area (Å²) in [5.41, 5.74) is -0.574. The molecule has 1 heterocycles. The van der Waals surface area contributed by atoms with Gasteiger partial charge in [0.1, 0.15) is 0 Å². The molecule has 0 bridgehead atoms. The van der Waals surface area contributed by atoms with Crippen LogP contribution in [0.25, 0.3) is 0 Å². The first kappa shape index (κ1) is 18.9. The summed E-state index contributed by atoms with van der Waals surface area (Å²) in [5.74, 6) is -0.933. The lowest BCUT2D eigenvalue weighted by Crippen LogP contribution is -2.43. The number of rotatable bonds is 6. The molecule has 1 unspecified atom stereocenters. The highest BCUT2D eigenvalue weighted by Gasteiger charge is 2.36. The molecule has 0 radical (unpaired) electrons. The molecule has 0 spiro atoms. The predicted molar refractivity (Wildman–Crippen MR) is 85.5 cm³/mol. The van der Waals surface area contributed by atoms with Crippen molar-refractivity contribution in [3.8, 4) is 0 Å². The van der Waals surface area contributed by atoms with E-state index >= 15 is 0 Å². The third-order valence-electron chi connectivity index (χ3n) is 3.93. The van der Waals surface area contributed by atoms with Gasteiger partial charge in [-0.2, -0.15) is 13.2 Å². The van der Waals surface area contributed by atoms with Crippen LogP contribution in [0.1, 0.15) is 24.8 Å². The number of para-hydroxylation sites is 1. The number of urea groups is 1. The summed E-state index contributed by atoms with van der Waals surface area (Å²) in [7, 11) is 0. The van der Waals surface area contributed by atoms with Crippen LogP contribution in [0.5, 0.6) is 0 Å². The van der Waals surface area contributed by atoms with Crippen LogP contribution in [0.3, 0.4) is 0 Å². The van der Waals surface area contributed by atoms with Gasteiger partial charge in [-0.3, -0.25) is 4.79 Å². The molecule has 2 rings (SSSR count). The zero-order valence-electron chi connectivity index (χ0n) is 13.5. The quantitative estimate of drug-likeness (QED) is 0.682. The fraction of sp³-hybridized carbons (Fsp3) is 0.500. The molecule has 2 amide bonds. The molecule has 3 N–H and O–H groups in total. The van der Waals surface area contributed by atoms with Crippen molar-refractivity contribution in [1.82, 2.24) is 10.6 Å². The molecule has 1 fully saturated rings. The van der Waals surface area contributed by atoms with Gasteiger partial charge in [-0.1, -0.05) is 12.1 Å². The molecule has 0 aromatic heterocycles. The molecule has 1 atom stereocenters. The fourth-order valence-corrected chi connectivity index (χ4v) is 2.76. The number of aliphatic carboxylic acids is 1. The van der Waals surface area contributed by atoms with Crippen molar-refractivity contribution in [1.29, 1.82) is 0 Å². The van der Waals surface area contributed by atoms with Gasteiger partial charge in [0.2, 0.25) is 0 Å². The minimum absolute atomic E-state index is 0.0360. The van der Waals surface area contributed by atoms with Crippen LogP contribution >= 0.6 is 0 Å². The average Bonchev–Trinajstić information content (AvgIpc) is 2.99. The summed E-state index contributed by atoms with van der Waals surface area (Å²) in [6.45, 7) is 0.929. The molecular weight excluding hydrogens is 339 g/mol. The van der Waals surface area contributed by atoms with Gasteiger partial charge < -0.3 is 20.6 Å². The van der Waals surface area contributed by atoms with Crippen molar-refractivity contribution in [2.75, 3.05) is 24.5 Å². The van der Waals surface area contributed by atoms with E-state index in [-0.39, 0.29) is 31.2 Å². The average molecular weight is 359 g/mol. The molecule has 1 aliphatic heterocycles. The van der Waals surface area contributed by atoms with Crippen LogP contribution in [0.4, 0.5) is 23.7 Å².